The van der Waals surface area contributed by atoms with Crippen LogP contribution in [0, 0.1) is 11.3 Å². The Labute approximate surface area is 117 Å². The lowest BCUT2D eigenvalue weighted by atomic mass is 9.91. The molecule has 4 heteroatoms. The van der Waals surface area contributed by atoms with Gasteiger partial charge in [0.05, 0.1) is 0 Å². The highest BCUT2D eigenvalue weighted by Gasteiger charge is 2.49. The topological polar surface area (TPSA) is 41.1 Å². The number of hydrogen-bond acceptors (Lipinski definition) is 2. The van der Waals surface area contributed by atoms with Crippen LogP contribution in [-0.2, 0) is 4.79 Å². The van der Waals surface area contributed by atoms with Crippen LogP contribution < -0.4 is 10.6 Å². The molecule has 0 aromatic carbocycles. The molecule has 18 heavy (non-hydrogen) atoms. The lowest BCUT2D eigenvalue weighted by Crippen LogP contribution is -2.46. The van der Waals surface area contributed by atoms with Gasteiger partial charge in [-0.3, -0.25) is 4.79 Å². The lowest BCUT2D eigenvalue weighted by Gasteiger charge is -2.30. The van der Waals surface area contributed by atoms with Gasteiger partial charge in [0, 0.05) is 11.5 Å². The van der Waals surface area contributed by atoms with Gasteiger partial charge in [0.15, 0.2) is 0 Å². The smallest absolute Gasteiger partial charge is 0.226 e. The summed E-state index contributed by atoms with van der Waals surface area (Å²) in [6, 6.07) is 0.324. The molecule has 0 aromatic rings. The molecule has 2 atom stereocenters. The molecule has 0 bridgehead atoms. The monoisotopic (exact) mass is 274 g/mol. The van der Waals surface area contributed by atoms with Crippen LogP contribution in [0.4, 0.5) is 0 Å². The van der Waals surface area contributed by atoms with E-state index in [0.717, 1.165) is 38.8 Å². The van der Waals surface area contributed by atoms with Crippen molar-refractivity contribution in [2.24, 2.45) is 11.3 Å². The molecule has 0 aromatic heterocycles. The van der Waals surface area contributed by atoms with Gasteiger partial charge < -0.3 is 10.6 Å². The molecule has 2 rings (SSSR count). The first-order valence-electron chi connectivity index (χ1n) is 7.19. The molecule has 106 valence electrons. The second kappa shape index (κ2) is 6.76. The van der Waals surface area contributed by atoms with Gasteiger partial charge in [0.2, 0.25) is 5.91 Å². The van der Waals surface area contributed by atoms with Crippen molar-refractivity contribution in [1.29, 1.82) is 0 Å². The molecule has 1 amide bonds. The fourth-order valence-corrected chi connectivity index (χ4v) is 3.00. The molecule has 1 saturated heterocycles. The van der Waals surface area contributed by atoms with Crippen molar-refractivity contribution in [2.75, 3.05) is 13.1 Å². The molecule has 2 aliphatic rings. The van der Waals surface area contributed by atoms with Crippen LogP contribution in [0.25, 0.3) is 0 Å². The molecule has 2 N–H and O–H groups in total. The average molecular weight is 275 g/mol. The molecule has 0 radical (unpaired) electrons. The van der Waals surface area contributed by atoms with Crippen LogP contribution in [0.3, 0.4) is 0 Å². The lowest BCUT2D eigenvalue weighted by molar-refractivity contribution is -0.127. The van der Waals surface area contributed by atoms with E-state index in [1.54, 1.807) is 0 Å². The van der Waals surface area contributed by atoms with Crippen molar-refractivity contribution in [3.05, 3.63) is 0 Å². The SMILES string of the molecule is CCCC1(C(=O)NC(C)C2CCCNC2)CC1.Cl. The van der Waals surface area contributed by atoms with Crippen LogP contribution in [0.2, 0.25) is 0 Å². The molecular weight excluding hydrogens is 248 g/mol. The maximum absolute atomic E-state index is 12.2. The number of hydrogen-bond donors (Lipinski definition) is 2. The van der Waals surface area contributed by atoms with E-state index in [1.807, 2.05) is 0 Å². The molecule has 2 unspecified atom stereocenters. The molecule has 1 heterocycles. The van der Waals surface area contributed by atoms with Crippen LogP contribution in [0.1, 0.15) is 52.4 Å². The zero-order valence-corrected chi connectivity index (χ0v) is 12.4. The Morgan fingerprint density at radius 3 is 2.72 bits per heavy atom. The summed E-state index contributed by atoms with van der Waals surface area (Å²) in [6.07, 6.45) is 6.87. The summed E-state index contributed by atoms with van der Waals surface area (Å²) in [5, 5.41) is 6.68. The quantitative estimate of drug-likeness (QED) is 0.809. The third-order valence-corrected chi connectivity index (χ3v) is 4.46. The van der Waals surface area contributed by atoms with Crippen LogP contribution >= 0.6 is 12.4 Å². The highest BCUT2D eigenvalue weighted by molar-refractivity contribution is 5.85. The third-order valence-electron chi connectivity index (χ3n) is 4.46. The minimum Gasteiger partial charge on any atom is -0.353 e. The van der Waals surface area contributed by atoms with Gasteiger partial charge in [-0.2, -0.15) is 0 Å². The zero-order chi connectivity index (χ0) is 12.3. The highest BCUT2D eigenvalue weighted by Crippen LogP contribution is 2.49. The average Bonchev–Trinajstić information content (AvgIpc) is 3.12. The van der Waals surface area contributed by atoms with Crippen LogP contribution in [0.15, 0.2) is 0 Å². The summed E-state index contributed by atoms with van der Waals surface area (Å²) in [5.74, 6) is 0.933. The Kier molecular flexibility index (Phi) is 5.93. The molecule has 1 aliphatic carbocycles. The second-order valence-electron chi connectivity index (χ2n) is 5.90. The second-order valence-corrected chi connectivity index (χ2v) is 5.90. The summed E-state index contributed by atoms with van der Waals surface area (Å²) in [6.45, 7) is 6.53. The molecule has 3 nitrogen and oxygen atoms in total. The maximum Gasteiger partial charge on any atom is 0.226 e. The predicted molar refractivity (Wildman–Crippen MR) is 77.0 cm³/mol. The van der Waals surface area contributed by atoms with Crippen molar-refractivity contribution in [1.82, 2.24) is 10.6 Å². The molecule has 1 aliphatic heterocycles. The summed E-state index contributed by atoms with van der Waals surface area (Å²) in [4.78, 5) is 12.2. The van der Waals surface area contributed by atoms with E-state index in [9.17, 15) is 4.79 Å². The molecule has 2 fully saturated rings. The fourth-order valence-electron chi connectivity index (χ4n) is 3.00. The number of carbonyl (C=O) groups is 1. The third kappa shape index (κ3) is 3.61. The van der Waals surface area contributed by atoms with E-state index in [4.69, 9.17) is 0 Å². The van der Waals surface area contributed by atoms with E-state index in [1.165, 1.54) is 12.8 Å². The first-order valence-corrected chi connectivity index (χ1v) is 7.19. The van der Waals surface area contributed by atoms with E-state index in [2.05, 4.69) is 24.5 Å². The largest absolute Gasteiger partial charge is 0.353 e. The minimum atomic E-state index is 0. The van der Waals surface area contributed by atoms with Gasteiger partial charge >= 0.3 is 0 Å². The summed E-state index contributed by atoms with van der Waals surface area (Å²) < 4.78 is 0. The highest BCUT2D eigenvalue weighted by atomic mass is 35.5. The van der Waals surface area contributed by atoms with Gasteiger partial charge in [0.1, 0.15) is 0 Å². The van der Waals surface area contributed by atoms with Crippen LogP contribution in [0.5, 0.6) is 0 Å². The normalized spacial score (nSPS) is 26.9. The fraction of sp³-hybridized carbons (Fsp3) is 0.929. The van der Waals surface area contributed by atoms with Gasteiger partial charge in [-0.15, -0.1) is 12.4 Å². The minimum absolute atomic E-state index is 0. The van der Waals surface area contributed by atoms with Crippen molar-refractivity contribution >= 4 is 18.3 Å². The molecule has 1 saturated carbocycles. The Hall–Kier alpha value is -0.280. The van der Waals surface area contributed by atoms with Gasteiger partial charge in [-0.25, -0.2) is 0 Å². The van der Waals surface area contributed by atoms with E-state index >= 15 is 0 Å². The number of nitrogens with one attached hydrogen (secondary N) is 2. The van der Waals surface area contributed by atoms with E-state index in [-0.39, 0.29) is 17.8 Å². The standard InChI is InChI=1S/C14H26N2O.ClH/c1-3-6-14(7-8-14)13(17)16-11(2)12-5-4-9-15-10-12;/h11-12,15H,3-10H2,1-2H3,(H,16,17);1H. The van der Waals surface area contributed by atoms with Gasteiger partial charge in [0.25, 0.3) is 0 Å². The Morgan fingerprint density at radius 2 is 2.22 bits per heavy atom. The van der Waals surface area contributed by atoms with Crippen molar-refractivity contribution in [3.8, 4) is 0 Å². The first kappa shape index (κ1) is 15.8. The van der Waals surface area contributed by atoms with E-state index in [0.29, 0.717) is 17.9 Å². The number of carbonyl (C=O) groups excluding carboxylic acids is 1. The van der Waals surface area contributed by atoms with Crippen molar-refractivity contribution in [2.45, 2.75) is 58.4 Å². The number of halogens is 1. The first-order chi connectivity index (χ1) is 8.18. The van der Waals surface area contributed by atoms with Gasteiger partial charge in [-0.1, -0.05) is 13.3 Å². The Bertz CT molecular complexity index is 273. The predicted octanol–water partition coefficient (Wildman–Crippen LogP) is 2.49. The molecule has 0 spiro atoms. The Morgan fingerprint density at radius 1 is 1.50 bits per heavy atom. The number of amides is 1. The number of rotatable bonds is 5. The summed E-state index contributed by atoms with van der Waals surface area (Å²) in [5.41, 5.74) is 0.0190. The summed E-state index contributed by atoms with van der Waals surface area (Å²) >= 11 is 0. The van der Waals surface area contributed by atoms with Crippen LogP contribution in [-0.4, -0.2) is 25.0 Å². The summed E-state index contributed by atoms with van der Waals surface area (Å²) in [7, 11) is 0. The zero-order valence-electron chi connectivity index (χ0n) is 11.6. The van der Waals surface area contributed by atoms with Gasteiger partial charge in [-0.05, 0) is 58.0 Å². The Balaban J connectivity index is 0.00000162. The van der Waals surface area contributed by atoms with Crippen molar-refractivity contribution < 1.29 is 4.79 Å². The maximum atomic E-state index is 12.2. The number of piperidine rings is 1. The molecular formula is C14H27ClN2O. The van der Waals surface area contributed by atoms with Crippen molar-refractivity contribution in [3.63, 3.8) is 0 Å². The van der Waals surface area contributed by atoms with E-state index < -0.39 is 0 Å².